The molecule has 2 aromatic heterocycles. The van der Waals surface area contributed by atoms with E-state index in [2.05, 4.69) is 15.2 Å². The fraction of sp³-hybridized carbons (Fsp3) is 0.529. The molecule has 8 nitrogen and oxygen atoms in total. The molecule has 2 aromatic rings. The Morgan fingerprint density at radius 1 is 1.28 bits per heavy atom. The summed E-state index contributed by atoms with van der Waals surface area (Å²) in [4.78, 5) is 18.6. The number of carbonyl (C=O) groups excluding carboxylic acids is 1. The van der Waals surface area contributed by atoms with Crippen LogP contribution >= 0.6 is 0 Å². The standard InChI is InChI=1S/C17H21N5O3/c23-17(13-4-3-11-24-13)21-8-6-14-19-20-15(22(14)10-9-21)12-25-16-5-1-2-7-18-16/h1-2,5,7,13H,3-4,6,8-12H2/t13-/m1/s1. The van der Waals surface area contributed by atoms with E-state index < -0.39 is 0 Å². The van der Waals surface area contributed by atoms with Gasteiger partial charge in [-0.05, 0) is 18.9 Å². The molecule has 2 aliphatic heterocycles. The van der Waals surface area contributed by atoms with Crippen molar-refractivity contribution in [1.82, 2.24) is 24.6 Å². The second kappa shape index (κ2) is 7.18. The number of hydrogen-bond donors (Lipinski definition) is 0. The molecular formula is C17H21N5O3. The molecule has 0 radical (unpaired) electrons. The highest BCUT2D eigenvalue weighted by molar-refractivity contribution is 5.81. The second-order valence-electron chi connectivity index (χ2n) is 6.22. The molecule has 0 unspecified atom stereocenters. The lowest BCUT2D eigenvalue weighted by atomic mass is 10.2. The molecule has 1 amide bonds. The van der Waals surface area contributed by atoms with E-state index in [1.807, 2.05) is 27.7 Å². The number of ether oxygens (including phenoxy) is 2. The monoisotopic (exact) mass is 343 g/mol. The molecule has 0 spiro atoms. The summed E-state index contributed by atoms with van der Waals surface area (Å²) >= 11 is 0. The van der Waals surface area contributed by atoms with Gasteiger partial charge in [0, 0.05) is 44.9 Å². The number of hydrogen-bond acceptors (Lipinski definition) is 6. The quantitative estimate of drug-likeness (QED) is 0.817. The maximum atomic E-state index is 12.5. The highest BCUT2D eigenvalue weighted by atomic mass is 16.5. The minimum absolute atomic E-state index is 0.0995. The van der Waals surface area contributed by atoms with E-state index in [4.69, 9.17) is 9.47 Å². The van der Waals surface area contributed by atoms with Gasteiger partial charge < -0.3 is 18.9 Å². The summed E-state index contributed by atoms with van der Waals surface area (Å²) < 4.78 is 13.3. The number of amides is 1. The summed E-state index contributed by atoms with van der Waals surface area (Å²) in [6, 6.07) is 5.53. The van der Waals surface area contributed by atoms with Gasteiger partial charge in [-0.25, -0.2) is 4.98 Å². The minimum atomic E-state index is -0.268. The highest BCUT2D eigenvalue weighted by Crippen LogP contribution is 2.17. The van der Waals surface area contributed by atoms with Crippen LogP contribution in [0.25, 0.3) is 0 Å². The molecule has 0 aliphatic carbocycles. The van der Waals surface area contributed by atoms with Crippen molar-refractivity contribution in [3.8, 4) is 5.88 Å². The van der Waals surface area contributed by atoms with Crippen molar-refractivity contribution in [2.45, 2.75) is 38.5 Å². The topological polar surface area (TPSA) is 82.4 Å². The third-order valence-corrected chi connectivity index (χ3v) is 4.61. The van der Waals surface area contributed by atoms with E-state index in [9.17, 15) is 4.79 Å². The summed E-state index contributed by atoms with van der Waals surface area (Å²) in [7, 11) is 0. The Morgan fingerprint density at radius 3 is 3.04 bits per heavy atom. The van der Waals surface area contributed by atoms with Crippen molar-refractivity contribution >= 4 is 5.91 Å². The lowest BCUT2D eigenvalue weighted by Gasteiger charge is -2.23. The zero-order valence-electron chi connectivity index (χ0n) is 14.0. The van der Waals surface area contributed by atoms with E-state index in [1.165, 1.54) is 0 Å². The van der Waals surface area contributed by atoms with E-state index in [1.54, 1.807) is 6.20 Å². The maximum Gasteiger partial charge on any atom is 0.251 e. The van der Waals surface area contributed by atoms with Gasteiger partial charge in [0.2, 0.25) is 5.88 Å². The average molecular weight is 343 g/mol. The van der Waals surface area contributed by atoms with E-state index in [-0.39, 0.29) is 12.0 Å². The van der Waals surface area contributed by atoms with Gasteiger partial charge in [0.1, 0.15) is 18.5 Å². The molecule has 132 valence electrons. The number of carbonyl (C=O) groups is 1. The molecule has 1 fully saturated rings. The van der Waals surface area contributed by atoms with Crippen molar-refractivity contribution in [3.63, 3.8) is 0 Å². The molecule has 2 aliphatic rings. The number of nitrogens with zero attached hydrogens (tertiary/aromatic N) is 5. The second-order valence-corrected chi connectivity index (χ2v) is 6.22. The Morgan fingerprint density at radius 2 is 2.24 bits per heavy atom. The number of fused-ring (bicyclic) bond motifs is 1. The lowest BCUT2D eigenvalue weighted by molar-refractivity contribution is -0.140. The zero-order chi connectivity index (χ0) is 17.1. The van der Waals surface area contributed by atoms with Crippen molar-refractivity contribution in [2.24, 2.45) is 0 Å². The van der Waals surface area contributed by atoms with E-state index in [0.29, 0.717) is 45.1 Å². The zero-order valence-corrected chi connectivity index (χ0v) is 14.0. The van der Waals surface area contributed by atoms with Crippen LogP contribution in [0.4, 0.5) is 0 Å². The summed E-state index contributed by atoms with van der Waals surface area (Å²) in [5.41, 5.74) is 0. The van der Waals surface area contributed by atoms with Crippen LogP contribution in [0.1, 0.15) is 24.5 Å². The van der Waals surface area contributed by atoms with Crippen LogP contribution in [0.5, 0.6) is 5.88 Å². The van der Waals surface area contributed by atoms with Crippen LogP contribution in [0.2, 0.25) is 0 Å². The van der Waals surface area contributed by atoms with Crippen LogP contribution < -0.4 is 4.74 Å². The van der Waals surface area contributed by atoms with Crippen LogP contribution in [-0.4, -0.2) is 56.4 Å². The Labute approximate surface area is 145 Å². The molecule has 1 atom stereocenters. The molecule has 1 saturated heterocycles. The summed E-state index contributed by atoms with van der Waals surface area (Å²) in [5.74, 6) is 2.31. The molecule has 0 saturated carbocycles. The van der Waals surface area contributed by atoms with Gasteiger partial charge in [0.25, 0.3) is 5.91 Å². The Hall–Kier alpha value is -2.48. The van der Waals surface area contributed by atoms with Gasteiger partial charge in [-0.3, -0.25) is 4.79 Å². The number of pyridine rings is 1. The first kappa shape index (κ1) is 16.0. The SMILES string of the molecule is O=C([C@H]1CCCO1)N1CCc2nnc(COc3ccccn3)n2CC1. The van der Waals surface area contributed by atoms with Crippen LogP contribution in [0, 0.1) is 0 Å². The van der Waals surface area contributed by atoms with Crippen LogP contribution in [0.3, 0.4) is 0 Å². The molecule has 0 N–H and O–H groups in total. The predicted molar refractivity (Wildman–Crippen MR) is 87.8 cm³/mol. The maximum absolute atomic E-state index is 12.5. The molecule has 4 rings (SSSR count). The lowest BCUT2D eigenvalue weighted by Crippen LogP contribution is -2.40. The van der Waals surface area contributed by atoms with Crippen molar-refractivity contribution in [3.05, 3.63) is 36.0 Å². The van der Waals surface area contributed by atoms with Gasteiger partial charge in [-0.2, -0.15) is 0 Å². The molecule has 0 aromatic carbocycles. The first-order chi connectivity index (χ1) is 12.3. The van der Waals surface area contributed by atoms with Crippen molar-refractivity contribution in [2.75, 3.05) is 19.7 Å². The average Bonchev–Trinajstić information content (AvgIpc) is 3.26. The van der Waals surface area contributed by atoms with Gasteiger partial charge in [-0.15, -0.1) is 10.2 Å². The largest absolute Gasteiger partial charge is 0.469 e. The molecular weight excluding hydrogens is 322 g/mol. The Balaban J connectivity index is 1.40. The van der Waals surface area contributed by atoms with Crippen LogP contribution in [0.15, 0.2) is 24.4 Å². The third kappa shape index (κ3) is 3.48. The number of aromatic nitrogens is 4. The summed E-state index contributed by atoms with van der Waals surface area (Å²) in [6.45, 7) is 2.95. The molecule has 0 bridgehead atoms. The summed E-state index contributed by atoms with van der Waals surface area (Å²) in [5, 5.41) is 8.50. The smallest absolute Gasteiger partial charge is 0.251 e. The number of rotatable bonds is 4. The normalized spacial score (nSPS) is 20.2. The van der Waals surface area contributed by atoms with Gasteiger partial charge in [0.05, 0.1) is 0 Å². The highest BCUT2D eigenvalue weighted by Gasteiger charge is 2.30. The summed E-state index contributed by atoms with van der Waals surface area (Å²) in [6.07, 6.45) is 3.90. The first-order valence-corrected chi connectivity index (χ1v) is 8.66. The fourth-order valence-electron chi connectivity index (χ4n) is 3.26. The van der Waals surface area contributed by atoms with Crippen LogP contribution in [-0.2, 0) is 29.1 Å². The van der Waals surface area contributed by atoms with Crippen molar-refractivity contribution < 1.29 is 14.3 Å². The van der Waals surface area contributed by atoms with Gasteiger partial charge in [-0.1, -0.05) is 6.07 Å². The Bertz CT molecular complexity index is 727. The predicted octanol–water partition coefficient (Wildman–Crippen LogP) is 0.816. The van der Waals surface area contributed by atoms with Gasteiger partial charge >= 0.3 is 0 Å². The molecule has 8 heteroatoms. The van der Waals surface area contributed by atoms with E-state index >= 15 is 0 Å². The molecule has 25 heavy (non-hydrogen) atoms. The fourth-order valence-corrected chi connectivity index (χ4v) is 3.26. The Kier molecular flexibility index (Phi) is 4.60. The van der Waals surface area contributed by atoms with Gasteiger partial charge in [0.15, 0.2) is 5.82 Å². The minimum Gasteiger partial charge on any atom is -0.469 e. The molecule has 4 heterocycles. The third-order valence-electron chi connectivity index (χ3n) is 4.61. The first-order valence-electron chi connectivity index (χ1n) is 8.66. The van der Waals surface area contributed by atoms with E-state index in [0.717, 1.165) is 24.5 Å². The van der Waals surface area contributed by atoms with Crippen molar-refractivity contribution in [1.29, 1.82) is 0 Å².